The van der Waals surface area contributed by atoms with E-state index in [1.807, 2.05) is 6.07 Å². The zero-order valence-electron chi connectivity index (χ0n) is 11.9. The fourth-order valence-corrected chi connectivity index (χ4v) is 2.41. The Balaban J connectivity index is 1.63. The van der Waals surface area contributed by atoms with Crippen LogP contribution in [0, 0.1) is 6.92 Å². The second-order valence-electron chi connectivity index (χ2n) is 5.15. The molecule has 1 aromatic rings. The highest BCUT2D eigenvalue weighted by Gasteiger charge is 2.27. The Morgan fingerprint density at radius 2 is 2.05 bits per heavy atom. The molecule has 4 nitrogen and oxygen atoms in total. The van der Waals surface area contributed by atoms with Crippen molar-refractivity contribution in [3.63, 3.8) is 0 Å². The summed E-state index contributed by atoms with van der Waals surface area (Å²) < 4.78 is 4.75. The standard InChI is InChI=1S/C16H21NO3/c1-13-7-5-6-9-14(13)8-3-2-4-10-15(18)17-11-12-20-16(17)19/h5-7,9H,2-4,8,10-12H2,1H3. The monoisotopic (exact) mass is 275 g/mol. The number of carbonyl (C=O) groups is 2. The quantitative estimate of drug-likeness (QED) is 0.749. The minimum Gasteiger partial charge on any atom is -0.447 e. The molecule has 0 bridgehead atoms. The van der Waals surface area contributed by atoms with Crippen LogP contribution >= 0.6 is 0 Å². The fourth-order valence-electron chi connectivity index (χ4n) is 2.41. The van der Waals surface area contributed by atoms with Gasteiger partial charge in [-0.25, -0.2) is 9.69 Å². The molecule has 0 atom stereocenters. The number of nitrogens with zero attached hydrogens (tertiary/aromatic N) is 1. The van der Waals surface area contributed by atoms with Gasteiger partial charge in [0.1, 0.15) is 6.61 Å². The van der Waals surface area contributed by atoms with Crippen LogP contribution in [-0.4, -0.2) is 30.1 Å². The second-order valence-corrected chi connectivity index (χ2v) is 5.15. The van der Waals surface area contributed by atoms with Gasteiger partial charge in [-0.05, 0) is 37.3 Å². The molecule has 0 radical (unpaired) electrons. The van der Waals surface area contributed by atoms with Crippen molar-refractivity contribution in [3.05, 3.63) is 35.4 Å². The third-order valence-electron chi connectivity index (χ3n) is 3.66. The van der Waals surface area contributed by atoms with Crippen molar-refractivity contribution in [2.45, 2.75) is 39.0 Å². The van der Waals surface area contributed by atoms with E-state index in [9.17, 15) is 9.59 Å². The summed E-state index contributed by atoms with van der Waals surface area (Å²) in [5.41, 5.74) is 2.70. The normalized spacial score (nSPS) is 14.4. The molecule has 1 fully saturated rings. The molecular formula is C16H21NO3. The lowest BCUT2D eigenvalue weighted by Crippen LogP contribution is -2.31. The maximum atomic E-state index is 11.8. The predicted octanol–water partition coefficient (Wildman–Crippen LogP) is 3.08. The first-order valence-electron chi connectivity index (χ1n) is 7.20. The zero-order valence-corrected chi connectivity index (χ0v) is 11.9. The topological polar surface area (TPSA) is 46.6 Å². The smallest absolute Gasteiger partial charge is 0.416 e. The van der Waals surface area contributed by atoms with Gasteiger partial charge in [0.25, 0.3) is 0 Å². The summed E-state index contributed by atoms with van der Waals surface area (Å²) in [5.74, 6) is -0.108. The lowest BCUT2D eigenvalue weighted by Gasteiger charge is -2.10. The van der Waals surface area contributed by atoms with Crippen molar-refractivity contribution >= 4 is 12.0 Å². The molecule has 0 spiro atoms. The number of benzene rings is 1. The predicted molar refractivity (Wildman–Crippen MR) is 76.4 cm³/mol. The Kier molecular flexibility index (Phi) is 5.16. The SMILES string of the molecule is Cc1ccccc1CCCCCC(=O)N1CCOC1=O. The zero-order chi connectivity index (χ0) is 14.4. The van der Waals surface area contributed by atoms with Gasteiger partial charge < -0.3 is 4.74 Å². The molecule has 1 aliphatic rings. The molecule has 4 heteroatoms. The number of amides is 2. The van der Waals surface area contributed by atoms with E-state index in [1.165, 1.54) is 16.0 Å². The maximum absolute atomic E-state index is 11.8. The van der Waals surface area contributed by atoms with E-state index in [0.29, 0.717) is 19.6 Å². The van der Waals surface area contributed by atoms with Gasteiger partial charge in [0.2, 0.25) is 5.91 Å². The van der Waals surface area contributed by atoms with Crippen LogP contribution in [0.4, 0.5) is 4.79 Å². The minimum atomic E-state index is -0.491. The van der Waals surface area contributed by atoms with Gasteiger partial charge in [0.05, 0.1) is 6.54 Å². The molecular weight excluding hydrogens is 254 g/mol. The summed E-state index contributed by atoms with van der Waals surface area (Å²) in [4.78, 5) is 24.2. The van der Waals surface area contributed by atoms with Crippen molar-refractivity contribution in [1.82, 2.24) is 4.90 Å². The first-order valence-corrected chi connectivity index (χ1v) is 7.20. The number of hydrogen-bond acceptors (Lipinski definition) is 3. The molecule has 1 saturated heterocycles. The summed E-state index contributed by atoms with van der Waals surface area (Å²) in [6, 6.07) is 8.38. The first kappa shape index (κ1) is 14.6. The molecule has 1 heterocycles. The van der Waals surface area contributed by atoms with Crippen LogP contribution in [0.3, 0.4) is 0 Å². The van der Waals surface area contributed by atoms with Gasteiger partial charge in [0.15, 0.2) is 0 Å². The van der Waals surface area contributed by atoms with Crippen LogP contribution in [0.25, 0.3) is 0 Å². The van der Waals surface area contributed by atoms with Gasteiger partial charge in [-0.3, -0.25) is 4.79 Å². The van der Waals surface area contributed by atoms with E-state index in [0.717, 1.165) is 25.7 Å². The van der Waals surface area contributed by atoms with Crippen molar-refractivity contribution in [1.29, 1.82) is 0 Å². The number of cyclic esters (lactones) is 1. The van der Waals surface area contributed by atoms with Crippen molar-refractivity contribution in [2.24, 2.45) is 0 Å². The number of aryl methyl sites for hydroxylation is 2. The first-order chi connectivity index (χ1) is 9.68. The molecule has 0 N–H and O–H groups in total. The highest BCUT2D eigenvalue weighted by atomic mass is 16.6. The van der Waals surface area contributed by atoms with Crippen molar-refractivity contribution < 1.29 is 14.3 Å². The van der Waals surface area contributed by atoms with Gasteiger partial charge in [-0.15, -0.1) is 0 Å². The number of rotatable bonds is 6. The minimum absolute atomic E-state index is 0.108. The molecule has 0 aromatic heterocycles. The van der Waals surface area contributed by atoms with Crippen molar-refractivity contribution in [2.75, 3.05) is 13.2 Å². The number of carbonyl (C=O) groups excluding carboxylic acids is 2. The van der Waals surface area contributed by atoms with Crippen LogP contribution < -0.4 is 0 Å². The lowest BCUT2D eigenvalue weighted by molar-refractivity contribution is -0.127. The van der Waals surface area contributed by atoms with E-state index < -0.39 is 6.09 Å². The number of hydrogen-bond donors (Lipinski definition) is 0. The van der Waals surface area contributed by atoms with Gasteiger partial charge >= 0.3 is 6.09 Å². The summed E-state index contributed by atoms with van der Waals surface area (Å²) in [7, 11) is 0. The van der Waals surface area contributed by atoms with Crippen LogP contribution in [0.1, 0.15) is 36.8 Å². The Morgan fingerprint density at radius 3 is 2.75 bits per heavy atom. The van der Waals surface area contributed by atoms with E-state index in [-0.39, 0.29) is 5.91 Å². The Hall–Kier alpha value is -1.84. The lowest BCUT2D eigenvalue weighted by atomic mass is 10.0. The third kappa shape index (κ3) is 3.83. The fraction of sp³-hybridized carbons (Fsp3) is 0.500. The van der Waals surface area contributed by atoms with E-state index >= 15 is 0 Å². The molecule has 1 aliphatic heterocycles. The maximum Gasteiger partial charge on any atom is 0.416 e. The van der Waals surface area contributed by atoms with Crippen LogP contribution in [0.15, 0.2) is 24.3 Å². The third-order valence-corrected chi connectivity index (χ3v) is 3.66. The average molecular weight is 275 g/mol. The van der Waals surface area contributed by atoms with E-state index in [1.54, 1.807) is 0 Å². The van der Waals surface area contributed by atoms with E-state index in [4.69, 9.17) is 4.74 Å². The summed E-state index contributed by atoms with van der Waals surface area (Å²) in [6.45, 7) is 2.86. The molecule has 108 valence electrons. The van der Waals surface area contributed by atoms with Crippen LogP contribution in [0.5, 0.6) is 0 Å². The molecule has 0 aliphatic carbocycles. The molecule has 2 rings (SSSR count). The summed E-state index contributed by atoms with van der Waals surface area (Å²) in [5, 5.41) is 0. The van der Waals surface area contributed by atoms with Crippen LogP contribution in [0.2, 0.25) is 0 Å². The average Bonchev–Trinajstić information content (AvgIpc) is 2.86. The highest BCUT2D eigenvalue weighted by molar-refractivity contribution is 5.92. The van der Waals surface area contributed by atoms with E-state index in [2.05, 4.69) is 25.1 Å². The molecule has 0 unspecified atom stereocenters. The molecule has 1 aromatic carbocycles. The van der Waals surface area contributed by atoms with Gasteiger partial charge in [-0.1, -0.05) is 30.7 Å². The Bertz CT molecular complexity index is 484. The molecule has 20 heavy (non-hydrogen) atoms. The molecule has 0 saturated carbocycles. The number of imide groups is 1. The molecule has 2 amide bonds. The Labute approximate surface area is 119 Å². The number of ether oxygens (including phenoxy) is 1. The highest BCUT2D eigenvalue weighted by Crippen LogP contribution is 2.13. The summed E-state index contributed by atoms with van der Waals surface area (Å²) in [6.07, 6.45) is 3.89. The van der Waals surface area contributed by atoms with Crippen molar-refractivity contribution in [3.8, 4) is 0 Å². The Morgan fingerprint density at radius 1 is 1.25 bits per heavy atom. The number of unbranched alkanes of at least 4 members (excludes halogenated alkanes) is 2. The second kappa shape index (κ2) is 7.08. The van der Waals surface area contributed by atoms with Crippen LogP contribution in [-0.2, 0) is 16.0 Å². The van der Waals surface area contributed by atoms with Gasteiger partial charge in [0, 0.05) is 6.42 Å². The largest absolute Gasteiger partial charge is 0.447 e. The van der Waals surface area contributed by atoms with Gasteiger partial charge in [-0.2, -0.15) is 0 Å². The summed E-state index contributed by atoms with van der Waals surface area (Å²) >= 11 is 0.